The van der Waals surface area contributed by atoms with Crippen molar-refractivity contribution >= 4 is 91.0 Å². The third kappa shape index (κ3) is 5.77. The minimum Gasteiger partial charge on any atom is -0.326 e. The van der Waals surface area contributed by atoms with Crippen LogP contribution in [-0.2, 0) is 14.6 Å². The number of anilines is 2. The molecule has 1 saturated carbocycles. The predicted octanol–water partition coefficient (Wildman–Crippen LogP) is 6.83. The fourth-order valence-corrected chi connectivity index (χ4v) is 6.01. The summed E-state index contributed by atoms with van der Waals surface area (Å²) in [5, 5.41) is 6.31. The van der Waals surface area contributed by atoms with Gasteiger partial charge >= 0.3 is 0 Å². The van der Waals surface area contributed by atoms with Crippen molar-refractivity contribution in [1.82, 2.24) is 0 Å². The molecule has 1 aliphatic rings. The molecule has 1 fully saturated rings. The summed E-state index contributed by atoms with van der Waals surface area (Å²) in [6.07, 6.45) is 1.09. The number of alkyl halides is 2. The van der Waals surface area contributed by atoms with E-state index in [1.807, 2.05) is 0 Å². The maximum absolute atomic E-state index is 13.0. The largest absolute Gasteiger partial charge is 0.326 e. The van der Waals surface area contributed by atoms with E-state index in [0.717, 1.165) is 6.26 Å². The Morgan fingerprint density at radius 3 is 2.00 bits per heavy atom. The van der Waals surface area contributed by atoms with Crippen LogP contribution in [0.25, 0.3) is 0 Å². The minimum atomic E-state index is -3.37. The van der Waals surface area contributed by atoms with Gasteiger partial charge in [0, 0.05) is 33.6 Å². The van der Waals surface area contributed by atoms with Crippen LogP contribution in [-0.4, -0.2) is 30.8 Å². The smallest absolute Gasteiger partial charge is 0.257 e. The van der Waals surface area contributed by atoms with Gasteiger partial charge in [-0.15, -0.1) is 23.2 Å². The number of carbonyl (C=O) groups excluding carboxylic acids is 2. The van der Waals surface area contributed by atoms with Crippen LogP contribution in [0.4, 0.5) is 11.4 Å². The van der Waals surface area contributed by atoms with Crippen molar-refractivity contribution in [3.63, 3.8) is 0 Å². The Labute approximate surface area is 232 Å². The molecule has 0 aromatic heterocycles. The van der Waals surface area contributed by atoms with Gasteiger partial charge in [0.25, 0.3) is 5.91 Å². The number of rotatable bonds is 6. The SMILES string of the molecule is CS(=O)(=O)c1ccc(NC(=O)c2cc(NC(=O)[C@H]3[C@H](c4cc(Cl)cc(Cl)c4)C3(Cl)Cl)ccc2Cl)cc1. The van der Waals surface area contributed by atoms with E-state index in [2.05, 4.69) is 10.6 Å². The van der Waals surface area contributed by atoms with E-state index in [1.165, 1.54) is 42.5 Å². The van der Waals surface area contributed by atoms with Crippen LogP contribution in [0.3, 0.4) is 0 Å². The first-order chi connectivity index (χ1) is 16.8. The average Bonchev–Trinajstić information content (AvgIpc) is 3.36. The fourth-order valence-electron chi connectivity index (χ4n) is 3.80. The lowest BCUT2D eigenvalue weighted by Crippen LogP contribution is -2.18. The molecule has 36 heavy (non-hydrogen) atoms. The Kier molecular flexibility index (Phi) is 7.55. The lowest BCUT2D eigenvalue weighted by molar-refractivity contribution is -0.117. The van der Waals surface area contributed by atoms with Crippen molar-refractivity contribution in [3.05, 3.63) is 86.9 Å². The zero-order valence-electron chi connectivity index (χ0n) is 18.4. The van der Waals surface area contributed by atoms with Gasteiger partial charge in [0.15, 0.2) is 9.84 Å². The molecule has 0 radical (unpaired) electrons. The number of hydrogen-bond acceptors (Lipinski definition) is 4. The molecule has 3 aromatic rings. The van der Waals surface area contributed by atoms with Crippen LogP contribution in [0.1, 0.15) is 21.8 Å². The third-order valence-electron chi connectivity index (χ3n) is 5.60. The molecular weight excluding hydrogens is 590 g/mol. The van der Waals surface area contributed by atoms with Gasteiger partial charge in [-0.25, -0.2) is 8.42 Å². The van der Waals surface area contributed by atoms with Crippen molar-refractivity contribution in [2.75, 3.05) is 16.9 Å². The maximum atomic E-state index is 13.0. The van der Waals surface area contributed by atoms with Crippen LogP contribution in [0.15, 0.2) is 65.6 Å². The maximum Gasteiger partial charge on any atom is 0.257 e. The fraction of sp³-hybridized carbons (Fsp3) is 0.167. The Morgan fingerprint density at radius 1 is 0.833 bits per heavy atom. The number of benzene rings is 3. The molecule has 2 atom stereocenters. The molecule has 0 spiro atoms. The van der Waals surface area contributed by atoms with E-state index < -0.39 is 37.8 Å². The number of halogens is 5. The van der Waals surface area contributed by atoms with Gasteiger partial charge in [-0.2, -0.15) is 0 Å². The molecule has 0 aliphatic heterocycles. The molecule has 12 heteroatoms. The van der Waals surface area contributed by atoms with Crippen molar-refractivity contribution in [1.29, 1.82) is 0 Å². The molecule has 0 unspecified atom stereocenters. The standard InChI is InChI=1S/C24H17Cl5N2O4S/c1-36(34,35)17-5-2-15(3-6-17)30-22(32)18-11-16(4-7-19(18)27)31-23(33)21-20(24(21,28)29)12-8-13(25)10-14(26)9-12/h2-11,20-21H,1H3,(H,30,32)(H,31,33)/t20-,21+/m0/s1. The molecule has 188 valence electrons. The predicted molar refractivity (Wildman–Crippen MR) is 145 cm³/mol. The van der Waals surface area contributed by atoms with E-state index in [-0.39, 0.29) is 15.5 Å². The van der Waals surface area contributed by atoms with Crippen LogP contribution >= 0.6 is 58.0 Å². The van der Waals surface area contributed by atoms with Crippen molar-refractivity contribution < 1.29 is 18.0 Å². The second-order valence-corrected chi connectivity index (χ2v) is 13.0. The molecule has 0 bridgehead atoms. The quantitative estimate of drug-likeness (QED) is 0.301. The van der Waals surface area contributed by atoms with Gasteiger partial charge < -0.3 is 10.6 Å². The highest BCUT2D eigenvalue weighted by Gasteiger charge is 2.67. The number of hydrogen-bond donors (Lipinski definition) is 2. The molecule has 2 N–H and O–H groups in total. The summed E-state index contributed by atoms with van der Waals surface area (Å²) in [5.41, 5.74) is 1.41. The molecule has 3 aromatic carbocycles. The Balaban J connectivity index is 1.49. The number of sulfone groups is 1. The first-order valence-electron chi connectivity index (χ1n) is 10.3. The highest BCUT2D eigenvalue weighted by Crippen LogP contribution is 2.65. The molecule has 0 saturated heterocycles. The second-order valence-electron chi connectivity index (χ2n) is 8.27. The second kappa shape index (κ2) is 10.0. The zero-order chi connectivity index (χ0) is 26.4. The molecule has 0 heterocycles. The normalized spacial score (nSPS) is 18.4. The van der Waals surface area contributed by atoms with Gasteiger partial charge in [-0.3, -0.25) is 9.59 Å². The van der Waals surface area contributed by atoms with E-state index >= 15 is 0 Å². The van der Waals surface area contributed by atoms with Gasteiger partial charge in [-0.1, -0.05) is 34.8 Å². The Hall–Kier alpha value is -2.00. The van der Waals surface area contributed by atoms with Crippen LogP contribution < -0.4 is 10.6 Å². The summed E-state index contributed by atoms with van der Waals surface area (Å²) in [6, 6.07) is 15.0. The lowest BCUT2D eigenvalue weighted by atomic mass is 10.1. The summed E-state index contributed by atoms with van der Waals surface area (Å²) in [4.78, 5) is 25.9. The number of carbonyl (C=O) groups is 2. The molecule has 6 nitrogen and oxygen atoms in total. The topological polar surface area (TPSA) is 92.3 Å². The van der Waals surface area contributed by atoms with Gasteiger partial charge in [0.1, 0.15) is 4.33 Å². The molecular formula is C24H17Cl5N2O4S. The monoisotopic (exact) mass is 604 g/mol. The van der Waals surface area contributed by atoms with E-state index in [4.69, 9.17) is 58.0 Å². The van der Waals surface area contributed by atoms with Gasteiger partial charge in [-0.05, 0) is 66.2 Å². The van der Waals surface area contributed by atoms with Crippen molar-refractivity contribution in [2.24, 2.45) is 5.92 Å². The molecule has 1 aliphatic carbocycles. The first-order valence-corrected chi connectivity index (χ1v) is 14.1. The van der Waals surface area contributed by atoms with E-state index in [0.29, 0.717) is 27.0 Å². The lowest BCUT2D eigenvalue weighted by Gasteiger charge is -2.11. The number of nitrogens with one attached hydrogen (secondary N) is 2. The molecule has 2 amide bonds. The zero-order valence-corrected chi connectivity index (χ0v) is 23.0. The minimum absolute atomic E-state index is 0.0960. The first kappa shape index (κ1) is 27.0. The van der Waals surface area contributed by atoms with E-state index in [9.17, 15) is 18.0 Å². The summed E-state index contributed by atoms with van der Waals surface area (Å²) in [6.45, 7) is 0. The summed E-state index contributed by atoms with van der Waals surface area (Å²) < 4.78 is 21.9. The highest BCUT2D eigenvalue weighted by molar-refractivity contribution is 7.90. The number of amides is 2. The highest BCUT2D eigenvalue weighted by atomic mass is 35.5. The Bertz CT molecular complexity index is 1460. The summed E-state index contributed by atoms with van der Waals surface area (Å²) in [7, 11) is -3.37. The Morgan fingerprint density at radius 2 is 1.42 bits per heavy atom. The summed E-state index contributed by atoms with van der Waals surface area (Å²) >= 11 is 31.2. The average molecular weight is 607 g/mol. The van der Waals surface area contributed by atoms with Crippen LogP contribution in [0, 0.1) is 5.92 Å². The van der Waals surface area contributed by atoms with Gasteiger partial charge in [0.2, 0.25) is 5.91 Å². The summed E-state index contributed by atoms with van der Waals surface area (Å²) in [5.74, 6) is -2.31. The van der Waals surface area contributed by atoms with E-state index in [1.54, 1.807) is 18.2 Å². The van der Waals surface area contributed by atoms with Crippen LogP contribution in [0.5, 0.6) is 0 Å². The molecule has 4 rings (SSSR count). The van der Waals surface area contributed by atoms with Crippen molar-refractivity contribution in [2.45, 2.75) is 15.1 Å². The third-order valence-corrected chi connectivity index (χ3v) is 8.43. The van der Waals surface area contributed by atoms with Crippen LogP contribution in [0.2, 0.25) is 15.1 Å². The van der Waals surface area contributed by atoms with Gasteiger partial charge in [0.05, 0.1) is 21.4 Å². The van der Waals surface area contributed by atoms with Crippen molar-refractivity contribution in [3.8, 4) is 0 Å².